The van der Waals surface area contributed by atoms with E-state index in [-0.39, 0.29) is 47.2 Å². The van der Waals surface area contributed by atoms with E-state index in [9.17, 15) is 15.0 Å². The fourth-order valence-corrected chi connectivity index (χ4v) is 6.82. The van der Waals surface area contributed by atoms with Crippen LogP contribution in [0.4, 0.5) is 0 Å². The minimum Gasteiger partial charge on any atom is -0.505 e. The molecule has 4 rings (SSSR count). The highest BCUT2D eigenvalue weighted by Crippen LogP contribution is 2.52. The largest absolute Gasteiger partial charge is 0.505 e. The molecule has 0 fully saturated rings. The predicted molar refractivity (Wildman–Crippen MR) is 145 cm³/mol. The molecular weight excluding hydrogens is 778 g/mol. The van der Waals surface area contributed by atoms with Crippen molar-refractivity contribution in [1.82, 2.24) is 0 Å². The van der Waals surface area contributed by atoms with Gasteiger partial charge in [0.15, 0.2) is 5.75 Å². The molecule has 0 amide bonds. The zero-order chi connectivity index (χ0) is 24.5. The first-order valence-electron chi connectivity index (χ1n) is 8.58. The van der Waals surface area contributed by atoms with Crippen LogP contribution in [0.25, 0.3) is 12.2 Å². The second-order valence-corrected chi connectivity index (χ2v) is 11.5. The number of carboxylic acids is 1. The van der Waals surface area contributed by atoms with Crippen LogP contribution in [-0.4, -0.2) is 16.2 Å². The molecule has 0 atom stereocenters. The summed E-state index contributed by atoms with van der Waals surface area (Å²) in [4.78, 5) is 12.3. The van der Waals surface area contributed by atoms with Gasteiger partial charge in [-0.15, -0.1) is 0 Å². The first-order chi connectivity index (χ1) is 15.4. The number of halogens is 8. The molecule has 1 aliphatic heterocycles. The summed E-state index contributed by atoms with van der Waals surface area (Å²) < 4.78 is 7.82. The Kier molecular flexibility index (Phi) is 7.15. The van der Waals surface area contributed by atoms with Gasteiger partial charge in [0, 0.05) is 26.4 Å². The van der Waals surface area contributed by atoms with Gasteiger partial charge in [-0.2, -0.15) is 0 Å². The van der Waals surface area contributed by atoms with Gasteiger partial charge in [0.2, 0.25) is 0 Å². The number of carboxylic acid groups (broad SMARTS) is 1. The van der Waals surface area contributed by atoms with Crippen molar-refractivity contribution in [3.63, 3.8) is 0 Å². The monoisotopic (exact) mass is 778 g/mol. The molecule has 2 N–H and O–H groups in total. The predicted octanol–water partition coefficient (Wildman–Crippen LogP) is 8.52. The van der Waals surface area contributed by atoms with Gasteiger partial charge in [-0.3, -0.25) is 0 Å². The van der Waals surface area contributed by atoms with Crippen LogP contribution in [0.5, 0.6) is 17.2 Å². The summed E-state index contributed by atoms with van der Waals surface area (Å²) in [5, 5.41) is 20.9. The second-order valence-electron chi connectivity index (χ2n) is 6.71. The average molecular weight is 784 g/mol. The number of aromatic carboxylic acids is 1. The summed E-state index contributed by atoms with van der Waals surface area (Å²) in [5.41, 5.74) is 0.455. The van der Waals surface area contributed by atoms with Crippen molar-refractivity contribution in [3.05, 3.63) is 77.2 Å². The Morgan fingerprint density at radius 2 is 1.48 bits per heavy atom. The van der Waals surface area contributed by atoms with Crippen molar-refractivity contribution in [2.75, 3.05) is 0 Å². The lowest BCUT2D eigenvalue weighted by Gasteiger charge is -2.26. The van der Waals surface area contributed by atoms with Crippen LogP contribution >= 0.6 is 110 Å². The van der Waals surface area contributed by atoms with Crippen molar-refractivity contribution >= 4 is 128 Å². The number of phenols is 1. The molecule has 0 unspecified atom stereocenters. The number of carbonyl (C=O) groups is 1. The number of rotatable bonds is 2. The number of phenolic OH excluding ortho intramolecular Hbond substituents is 1. The van der Waals surface area contributed by atoms with Gasteiger partial charge in [0.05, 0.1) is 34.6 Å². The Bertz CT molecular complexity index is 1540. The van der Waals surface area contributed by atoms with Crippen molar-refractivity contribution in [3.8, 4) is 17.2 Å². The minimum atomic E-state index is -1.36. The van der Waals surface area contributed by atoms with Crippen LogP contribution in [0.2, 0.25) is 20.1 Å². The van der Waals surface area contributed by atoms with Crippen LogP contribution in [-0.2, 0) is 0 Å². The maximum absolute atomic E-state index is 12.3. The van der Waals surface area contributed by atoms with Gasteiger partial charge in [-0.25, -0.2) is 4.79 Å². The molecule has 3 aromatic carbocycles. The van der Waals surface area contributed by atoms with Gasteiger partial charge in [-0.1, -0.05) is 68.9 Å². The smallest absolute Gasteiger partial charge is 0.337 e. The second kappa shape index (κ2) is 9.21. The molecule has 0 bridgehead atoms. The number of hydrogen-bond donors (Lipinski definition) is 2. The summed E-state index contributed by atoms with van der Waals surface area (Å²) >= 11 is 39.1. The highest BCUT2D eigenvalue weighted by atomic mass is 79.9. The van der Waals surface area contributed by atoms with Crippen molar-refractivity contribution < 1.29 is 19.7 Å². The molecule has 0 saturated heterocycles. The Morgan fingerprint density at radius 1 is 0.879 bits per heavy atom. The van der Waals surface area contributed by atoms with Gasteiger partial charge < -0.3 is 14.9 Å². The first kappa shape index (κ1) is 25.6. The lowest BCUT2D eigenvalue weighted by atomic mass is 9.89. The van der Waals surface area contributed by atoms with E-state index >= 15 is 0 Å². The Morgan fingerprint density at radius 3 is 2.09 bits per heavy atom. The van der Waals surface area contributed by atoms with Crippen molar-refractivity contribution in [2.24, 2.45) is 0 Å². The van der Waals surface area contributed by atoms with Gasteiger partial charge in [0.1, 0.15) is 16.0 Å². The quantitative estimate of drug-likeness (QED) is 0.158. The summed E-state index contributed by atoms with van der Waals surface area (Å²) in [6, 6.07) is 3.29. The number of benzene rings is 3. The molecule has 0 aromatic heterocycles. The van der Waals surface area contributed by atoms with Crippen LogP contribution in [0.1, 0.15) is 21.5 Å². The molecule has 3 aromatic rings. The number of ether oxygens (including phenoxy) is 1. The molecule has 1 aliphatic rings. The highest BCUT2D eigenvalue weighted by molar-refractivity contribution is 9.11. The maximum atomic E-state index is 12.3. The van der Waals surface area contributed by atoms with Crippen LogP contribution in [0.15, 0.2) is 30.0 Å². The lowest BCUT2D eigenvalue weighted by molar-refractivity contribution is 0.0696. The molecule has 170 valence electrons. The van der Waals surface area contributed by atoms with E-state index in [2.05, 4.69) is 70.3 Å². The van der Waals surface area contributed by atoms with Gasteiger partial charge in [-0.05, 0) is 65.1 Å². The van der Waals surface area contributed by atoms with Crippen LogP contribution in [0.3, 0.4) is 0 Å². The lowest BCUT2D eigenvalue weighted by Crippen LogP contribution is -2.23. The minimum absolute atomic E-state index is 0.0365. The van der Waals surface area contributed by atoms with E-state index in [0.29, 0.717) is 40.7 Å². The summed E-state index contributed by atoms with van der Waals surface area (Å²) in [6.45, 7) is 4.01. The molecule has 0 spiro atoms. The fourth-order valence-electron chi connectivity index (χ4n) is 3.39. The highest BCUT2D eigenvalue weighted by Gasteiger charge is 2.33. The molecule has 1 heterocycles. The van der Waals surface area contributed by atoms with Crippen molar-refractivity contribution in [2.45, 2.75) is 0 Å². The number of hydrogen-bond acceptors (Lipinski definition) is 3. The standard InChI is InChI=1S/C21H6Br4Cl4O4/c1-4-7(22)2-5-9(10-11(21(31)32)15(27)17(29)16(28)14(10)26)6-3-8(23)18(30)13(25)20(6)33-19(5)12(4)24/h2-3,30H,1H2,(H,31,32). The van der Waals surface area contributed by atoms with E-state index in [1.54, 1.807) is 12.1 Å². The van der Waals surface area contributed by atoms with E-state index < -0.39 is 5.97 Å². The van der Waals surface area contributed by atoms with E-state index in [4.69, 9.17) is 51.1 Å². The topological polar surface area (TPSA) is 66.8 Å². The Balaban J connectivity index is 2.38. The third-order valence-electron chi connectivity index (χ3n) is 4.89. The molecule has 12 heteroatoms. The SMILES string of the molecule is C=c1c(Br)cc2c(c1Br)Oc1c(cc(Br)c(O)c1Br)C=2c1c(Cl)c(Cl)c(Cl)c(Cl)c1C(=O)O. The molecule has 33 heavy (non-hydrogen) atoms. The zero-order valence-corrected chi connectivity index (χ0v) is 25.0. The molecule has 4 nitrogen and oxygen atoms in total. The van der Waals surface area contributed by atoms with Crippen LogP contribution < -0.4 is 15.2 Å². The number of aromatic hydroxyl groups is 1. The zero-order valence-electron chi connectivity index (χ0n) is 15.6. The molecule has 0 aliphatic carbocycles. The third kappa shape index (κ3) is 3.95. The van der Waals surface area contributed by atoms with Crippen LogP contribution in [0, 0.1) is 0 Å². The normalized spacial score (nSPS) is 12.3. The average Bonchev–Trinajstić information content (AvgIpc) is 2.76. The van der Waals surface area contributed by atoms with E-state index in [1.807, 2.05) is 0 Å². The van der Waals surface area contributed by atoms with E-state index in [1.165, 1.54) is 0 Å². The van der Waals surface area contributed by atoms with Gasteiger partial charge >= 0.3 is 5.97 Å². The summed E-state index contributed by atoms with van der Waals surface area (Å²) in [7, 11) is 0. The maximum Gasteiger partial charge on any atom is 0.337 e. The van der Waals surface area contributed by atoms with Crippen molar-refractivity contribution in [1.29, 1.82) is 0 Å². The Labute approximate surface area is 240 Å². The molecule has 0 saturated carbocycles. The van der Waals surface area contributed by atoms with Gasteiger partial charge in [0.25, 0.3) is 0 Å². The fraction of sp³-hybridized carbons (Fsp3) is 0. The third-order valence-corrected chi connectivity index (χ3v) is 9.58. The summed E-state index contributed by atoms with van der Waals surface area (Å²) in [6.07, 6.45) is 0. The molecule has 0 radical (unpaired) electrons. The molecular formula is C21H6Br4Cl4O4. The number of fused-ring (bicyclic) bond motifs is 2. The first-order valence-corrected chi connectivity index (χ1v) is 13.3. The van der Waals surface area contributed by atoms with E-state index in [0.717, 1.165) is 0 Å². The Hall–Kier alpha value is -0.450. The summed E-state index contributed by atoms with van der Waals surface area (Å²) in [5.74, 6) is -0.935.